The largest absolute Gasteiger partial charge is 0.508 e. The summed E-state index contributed by atoms with van der Waals surface area (Å²) in [4.78, 5) is 26.9. The minimum absolute atomic E-state index is 0.00899. The van der Waals surface area contributed by atoms with Crippen LogP contribution in [0.3, 0.4) is 0 Å². The molecule has 1 aliphatic rings. The second kappa shape index (κ2) is 9.43. The van der Waals surface area contributed by atoms with Crippen molar-refractivity contribution in [2.45, 2.75) is 19.3 Å². The van der Waals surface area contributed by atoms with Crippen LogP contribution in [0, 0.1) is 0 Å². The molecule has 1 aliphatic heterocycles. The maximum atomic E-state index is 12.6. The van der Waals surface area contributed by atoms with E-state index >= 15 is 0 Å². The van der Waals surface area contributed by atoms with Gasteiger partial charge >= 0.3 is 0 Å². The van der Waals surface area contributed by atoms with Gasteiger partial charge in [0, 0.05) is 31.5 Å². The normalized spacial score (nSPS) is 13.5. The third-order valence-corrected chi connectivity index (χ3v) is 5.68. The van der Waals surface area contributed by atoms with Gasteiger partial charge in [0.2, 0.25) is 5.91 Å². The summed E-state index contributed by atoms with van der Waals surface area (Å²) in [6, 6.07) is 24.7. The number of carbonyl (C=O) groups is 2. The molecule has 3 aromatic rings. The molecule has 4 nitrogen and oxygen atoms in total. The number of hydrogen-bond acceptors (Lipinski definition) is 3. The molecule has 0 saturated heterocycles. The summed E-state index contributed by atoms with van der Waals surface area (Å²) >= 11 is 0. The third-order valence-electron chi connectivity index (χ3n) is 5.68. The van der Waals surface area contributed by atoms with Crippen molar-refractivity contribution in [1.29, 1.82) is 0 Å². The lowest BCUT2D eigenvalue weighted by Gasteiger charge is -2.26. The van der Waals surface area contributed by atoms with Crippen LogP contribution < -0.4 is 0 Å². The number of phenols is 1. The van der Waals surface area contributed by atoms with Crippen LogP contribution in [-0.4, -0.2) is 34.8 Å². The molecule has 0 saturated carbocycles. The second-order valence-corrected chi connectivity index (χ2v) is 7.73. The summed E-state index contributed by atoms with van der Waals surface area (Å²) in [6.07, 6.45) is 3.26. The molecule has 4 heteroatoms. The van der Waals surface area contributed by atoms with Crippen LogP contribution in [0.4, 0.5) is 0 Å². The molecule has 156 valence electrons. The van der Waals surface area contributed by atoms with E-state index in [4.69, 9.17) is 0 Å². The van der Waals surface area contributed by atoms with Crippen LogP contribution >= 0.6 is 0 Å². The average molecular weight is 412 g/mol. The lowest BCUT2D eigenvalue weighted by molar-refractivity contribution is -0.130. The third kappa shape index (κ3) is 5.10. The summed E-state index contributed by atoms with van der Waals surface area (Å²) in [6.45, 7) is 1.19. The standard InChI is InChI=1S/C27H25NO3/c29-25-12-10-22(11-13-25)23-16-18-28(19-17-23)27(31)15-14-26(30)24-8-6-21(7-9-24)20-4-2-1-3-5-20/h1-13,16,29H,14-15,17-19H2. The first-order valence-electron chi connectivity index (χ1n) is 10.5. The van der Waals surface area contributed by atoms with E-state index in [0.29, 0.717) is 18.7 Å². The molecule has 1 heterocycles. The molecular weight excluding hydrogens is 386 g/mol. The van der Waals surface area contributed by atoms with E-state index in [9.17, 15) is 14.7 Å². The summed E-state index contributed by atoms with van der Waals surface area (Å²) in [5.74, 6) is 0.247. The Morgan fingerprint density at radius 1 is 0.774 bits per heavy atom. The molecule has 0 aromatic heterocycles. The fourth-order valence-electron chi connectivity index (χ4n) is 3.84. The Labute approximate surface area is 182 Å². The molecule has 3 aromatic carbocycles. The Balaban J connectivity index is 1.29. The molecule has 0 spiro atoms. The van der Waals surface area contributed by atoms with Crippen molar-refractivity contribution in [3.05, 3.63) is 96.1 Å². The summed E-state index contributed by atoms with van der Waals surface area (Å²) in [5.41, 5.74) is 5.07. The van der Waals surface area contributed by atoms with E-state index in [0.717, 1.165) is 23.1 Å². The maximum absolute atomic E-state index is 12.6. The quantitative estimate of drug-likeness (QED) is 0.557. The molecule has 1 amide bonds. The minimum Gasteiger partial charge on any atom is -0.508 e. The highest BCUT2D eigenvalue weighted by atomic mass is 16.3. The molecule has 0 radical (unpaired) electrons. The van der Waals surface area contributed by atoms with E-state index < -0.39 is 0 Å². The number of nitrogens with zero attached hydrogens (tertiary/aromatic N) is 1. The molecule has 0 aliphatic carbocycles. The molecular formula is C27H25NO3. The van der Waals surface area contributed by atoms with Crippen LogP contribution in [0.25, 0.3) is 16.7 Å². The van der Waals surface area contributed by atoms with Gasteiger partial charge in [0.1, 0.15) is 5.75 Å². The van der Waals surface area contributed by atoms with Crippen LogP contribution in [0.1, 0.15) is 35.2 Å². The topological polar surface area (TPSA) is 57.6 Å². The number of Topliss-reactive ketones (excluding diaryl/α,β-unsaturated/α-hetero) is 1. The Kier molecular flexibility index (Phi) is 6.27. The van der Waals surface area contributed by atoms with Crippen molar-refractivity contribution in [2.75, 3.05) is 13.1 Å². The number of amides is 1. The Morgan fingerprint density at radius 3 is 2.06 bits per heavy atom. The fourth-order valence-corrected chi connectivity index (χ4v) is 3.84. The van der Waals surface area contributed by atoms with Gasteiger partial charge in [-0.05, 0) is 40.8 Å². The number of phenolic OH excluding ortho intramolecular Hbond substituents is 1. The maximum Gasteiger partial charge on any atom is 0.223 e. The molecule has 0 fully saturated rings. The predicted octanol–water partition coefficient (Wildman–Crippen LogP) is 5.34. The first-order chi connectivity index (χ1) is 15.1. The van der Waals surface area contributed by atoms with Crippen LogP contribution in [0.5, 0.6) is 5.75 Å². The van der Waals surface area contributed by atoms with Crippen molar-refractivity contribution < 1.29 is 14.7 Å². The summed E-state index contributed by atoms with van der Waals surface area (Å²) in [5, 5.41) is 9.42. The van der Waals surface area contributed by atoms with E-state index in [1.807, 2.05) is 66.7 Å². The summed E-state index contributed by atoms with van der Waals surface area (Å²) < 4.78 is 0. The van der Waals surface area contributed by atoms with E-state index in [1.165, 1.54) is 5.57 Å². The highest BCUT2D eigenvalue weighted by Crippen LogP contribution is 2.25. The number of ketones is 1. The van der Waals surface area contributed by atoms with Crippen LogP contribution in [0.15, 0.2) is 84.9 Å². The first kappa shape index (κ1) is 20.6. The van der Waals surface area contributed by atoms with Gasteiger partial charge in [-0.2, -0.15) is 0 Å². The van der Waals surface area contributed by atoms with Gasteiger partial charge in [-0.15, -0.1) is 0 Å². The molecule has 31 heavy (non-hydrogen) atoms. The highest BCUT2D eigenvalue weighted by Gasteiger charge is 2.19. The number of hydrogen-bond donors (Lipinski definition) is 1. The lowest BCUT2D eigenvalue weighted by Crippen LogP contribution is -2.34. The zero-order chi connectivity index (χ0) is 21.6. The molecule has 4 rings (SSSR count). The molecule has 1 N–H and O–H groups in total. The van der Waals surface area contributed by atoms with Gasteiger partial charge in [-0.3, -0.25) is 9.59 Å². The van der Waals surface area contributed by atoms with Crippen LogP contribution in [-0.2, 0) is 4.79 Å². The van der Waals surface area contributed by atoms with Crippen molar-refractivity contribution in [2.24, 2.45) is 0 Å². The molecule has 0 unspecified atom stereocenters. The van der Waals surface area contributed by atoms with Gasteiger partial charge in [0.05, 0.1) is 0 Å². The molecule has 0 bridgehead atoms. The number of carbonyl (C=O) groups excluding carboxylic acids is 2. The first-order valence-corrected chi connectivity index (χ1v) is 10.5. The van der Waals surface area contributed by atoms with Gasteiger partial charge < -0.3 is 10.0 Å². The van der Waals surface area contributed by atoms with Gasteiger partial charge in [-0.25, -0.2) is 0 Å². The van der Waals surface area contributed by atoms with Crippen molar-refractivity contribution >= 4 is 17.3 Å². The lowest BCUT2D eigenvalue weighted by atomic mass is 9.98. The van der Waals surface area contributed by atoms with Gasteiger partial charge in [0.15, 0.2) is 5.78 Å². The Bertz CT molecular complexity index is 1080. The zero-order valence-corrected chi connectivity index (χ0v) is 17.3. The van der Waals surface area contributed by atoms with E-state index in [1.54, 1.807) is 17.0 Å². The smallest absolute Gasteiger partial charge is 0.223 e. The molecule has 0 atom stereocenters. The van der Waals surface area contributed by atoms with Crippen molar-refractivity contribution in [3.63, 3.8) is 0 Å². The van der Waals surface area contributed by atoms with Gasteiger partial charge in [-0.1, -0.05) is 72.8 Å². The Morgan fingerprint density at radius 2 is 1.42 bits per heavy atom. The number of rotatable bonds is 6. The average Bonchev–Trinajstić information content (AvgIpc) is 2.83. The van der Waals surface area contributed by atoms with Gasteiger partial charge in [0.25, 0.3) is 0 Å². The van der Waals surface area contributed by atoms with Crippen molar-refractivity contribution in [1.82, 2.24) is 4.90 Å². The predicted molar refractivity (Wildman–Crippen MR) is 123 cm³/mol. The van der Waals surface area contributed by atoms with E-state index in [2.05, 4.69) is 6.08 Å². The Hall–Kier alpha value is -3.66. The fraction of sp³-hybridized carbons (Fsp3) is 0.185. The minimum atomic E-state index is -0.00899. The zero-order valence-electron chi connectivity index (χ0n) is 17.3. The SMILES string of the molecule is O=C(CCC(=O)N1CC=C(c2ccc(O)cc2)CC1)c1ccc(-c2ccccc2)cc1. The van der Waals surface area contributed by atoms with Crippen molar-refractivity contribution in [3.8, 4) is 16.9 Å². The number of aromatic hydroxyl groups is 1. The monoisotopic (exact) mass is 411 g/mol. The highest BCUT2D eigenvalue weighted by molar-refractivity contribution is 5.98. The summed E-state index contributed by atoms with van der Waals surface area (Å²) in [7, 11) is 0. The van der Waals surface area contributed by atoms with E-state index in [-0.39, 0.29) is 30.3 Å². The second-order valence-electron chi connectivity index (χ2n) is 7.73. The van der Waals surface area contributed by atoms with Crippen LogP contribution in [0.2, 0.25) is 0 Å². The number of benzene rings is 3.